The maximum atomic E-state index is 11.3. The molecule has 0 radical (unpaired) electrons. The van der Waals surface area contributed by atoms with Crippen molar-refractivity contribution in [3.63, 3.8) is 0 Å². The summed E-state index contributed by atoms with van der Waals surface area (Å²) in [5.41, 5.74) is 1.55. The first-order chi connectivity index (χ1) is 8.08. The summed E-state index contributed by atoms with van der Waals surface area (Å²) in [6.45, 7) is 3.07. The van der Waals surface area contributed by atoms with E-state index < -0.39 is 10.8 Å². The highest BCUT2D eigenvalue weighted by Gasteiger charge is 2.16. The Kier molecular flexibility index (Phi) is 3.84. The third-order valence-corrected chi connectivity index (χ3v) is 4.46. The van der Waals surface area contributed by atoms with E-state index in [4.69, 9.17) is 11.6 Å². The molecule has 1 saturated heterocycles. The number of carbonyl (C=O) groups excluding carboxylic acids is 1. The number of hydrogen-bond acceptors (Lipinski definition) is 3. The second-order valence-corrected chi connectivity index (χ2v) is 6.16. The lowest BCUT2D eigenvalue weighted by Gasteiger charge is -2.28. The fourth-order valence-electron chi connectivity index (χ4n) is 1.88. The summed E-state index contributed by atoms with van der Waals surface area (Å²) < 4.78 is 11.3. The van der Waals surface area contributed by atoms with E-state index >= 15 is 0 Å². The molecule has 5 heteroatoms. The first kappa shape index (κ1) is 12.6. The van der Waals surface area contributed by atoms with Crippen molar-refractivity contribution in [2.45, 2.75) is 6.92 Å². The zero-order valence-corrected chi connectivity index (χ0v) is 11.2. The Morgan fingerprint density at radius 2 is 2.00 bits per heavy atom. The van der Waals surface area contributed by atoms with Gasteiger partial charge >= 0.3 is 0 Å². The Morgan fingerprint density at radius 3 is 2.53 bits per heavy atom. The van der Waals surface area contributed by atoms with Crippen LogP contribution in [0, 0.1) is 0 Å². The highest BCUT2D eigenvalue weighted by Crippen LogP contribution is 2.24. The average molecular weight is 272 g/mol. The Morgan fingerprint density at radius 1 is 1.35 bits per heavy atom. The lowest BCUT2D eigenvalue weighted by molar-refractivity contribution is 0.101. The summed E-state index contributed by atoms with van der Waals surface area (Å²) in [5.74, 6) is 1.37. The zero-order chi connectivity index (χ0) is 12.4. The number of anilines is 1. The quantitative estimate of drug-likeness (QED) is 0.773. The van der Waals surface area contributed by atoms with Gasteiger partial charge in [-0.25, -0.2) is 0 Å². The summed E-state index contributed by atoms with van der Waals surface area (Å²) in [7, 11) is -0.681. The lowest BCUT2D eigenvalue weighted by atomic mass is 10.1. The number of hydrogen-bond donors (Lipinski definition) is 0. The van der Waals surface area contributed by atoms with Crippen molar-refractivity contribution in [2.24, 2.45) is 0 Å². The van der Waals surface area contributed by atoms with Crippen molar-refractivity contribution in [1.29, 1.82) is 0 Å². The van der Waals surface area contributed by atoms with E-state index in [1.54, 1.807) is 6.07 Å². The molecule has 1 fully saturated rings. The minimum Gasteiger partial charge on any atom is -0.370 e. The van der Waals surface area contributed by atoms with Gasteiger partial charge in [-0.05, 0) is 25.1 Å². The number of carbonyl (C=O) groups is 1. The molecular formula is C12H14ClNO2S. The molecule has 0 saturated carbocycles. The summed E-state index contributed by atoms with van der Waals surface area (Å²) in [6.07, 6.45) is 0. The van der Waals surface area contributed by atoms with Crippen LogP contribution in [0.4, 0.5) is 5.69 Å². The molecule has 3 nitrogen and oxygen atoms in total. The number of benzene rings is 1. The SMILES string of the molecule is CC(=O)c1ccc(N2CCS(=O)CC2)cc1Cl. The lowest BCUT2D eigenvalue weighted by Crippen LogP contribution is -2.37. The van der Waals surface area contributed by atoms with E-state index in [2.05, 4.69) is 4.90 Å². The van der Waals surface area contributed by atoms with E-state index in [1.807, 2.05) is 12.1 Å². The maximum absolute atomic E-state index is 11.3. The van der Waals surface area contributed by atoms with Gasteiger partial charge in [-0.2, -0.15) is 0 Å². The van der Waals surface area contributed by atoms with Gasteiger partial charge in [0.25, 0.3) is 0 Å². The minimum absolute atomic E-state index is 0.0266. The number of ketones is 1. The molecule has 0 atom stereocenters. The highest BCUT2D eigenvalue weighted by molar-refractivity contribution is 7.85. The van der Waals surface area contributed by atoms with Crippen LogP contribution < -0.4 is 4.90 Å². The Bertz CT molecular complexity index is 466. The number of halogens is 1. The fourth-order valence-corrected chi connectivity index (χ4v) is 3.24. The molecule has 0 spiro atoms. The van der Waals surface area contributed by atoms with Crippen molar-refractivity contribution >= 4 is 33.9 Å². The molecular weight excluding hydrogens is 258 g/mol. The molecule has 0 aromatic heterocycles. The molecule has 1 aliphatic rings. The van der Waals surface area contributed by atoms with Crippen LogP contribution in [0.15, 0.2) is 18.2 Å². The Labute approximate surface area is 108 Å². The smallest absolute Gasteiger partial charge is 0.161 e. The predicted octanol–water partition coefficient (Wildman–Crippen LogP) is 2.11. The molecule has 0 N–H and O–H groups in total. The predicted molar refractivity (Wildman–Crippen MR) is 71.5 cm³/mol. The second-order valence-electron chi connectivity index (χ2n) is 4.06. The topological polar surface area (TPSA) is 37.4 Å². The highest BCUT2D eigenvalue weighted by atomic mass is 35.5. The first-order valence-corrected chi connectivity index (χ1v) is 7.35. The number of Topliss-reactive ketones (excluding diaryl/α,β-unsaturated/α-hetero) is 1. The monoisotopic (exact) mass is 271 g/mol. The molecule has 0 amide bonds. The Balaban J connectivity index is 2.20. The third-order valence-electron chi connectivity index (χ3n) is 2.87. The van der Waals surface area contributed by atoms with Crippen molar-refractivity contribution in [3.05, 3.63) is 28.8 Å². The number of nitrogens with zero attached hydrogens (tertiary/aromatic N) is 1. The largest absolute Gasteiger partial charge is 0.370 e. The molecule has 17 heavy (non-hydrogen) atoms. The second kappa shape index (κ2) is 5.19. The van der Waals surface area contributed by atoms with Gasteiger partial charge in [0.2, 0.25) is 0 Å². The van der Waals surface area contributed by atoms with E-state index in [0.29, 0.717) is 22.1 Å². The van der Waals surface area contributed by atoms with Crippen molar-refractivity contribution < 1.29 is 9.00 Å². The summed E-state index contributed by atoms with van der Waals surface area (Å²) >= 11 is 6.06. The van der Waals surface area contributed by atoms with Crippen LogP contribution in [0.1, 0.15) is 17.3 Å². The minimum atomic E-state index is -0.681. The van der Waals surface area contributed by atoms with E-state index in [-0.39, 0.29) is 5.78 Å². The number of rotatable bonds is 2. The molecule has 1 aromatic rings. The van der Waals surface area contributed by atoms with Gasteiger partial charge in [0.05, 0.1) is 5.02 Å². The van der Waals surface area contributed by atoms with Crippen LogP contribution in [0.2, 0.25) is 5.02 Å². The van der Waals surface area contributed by atoms with Gasteiger partial charge in [0.15, 0.2) is 5.78 Å². The molecule has 0 bridgehead atoms. The molecule has 92 valence electrons. The van der Waals surface area contributed by atoms with Gasteiger partial charge in [-0.3, -0.25) is 9.00 Å². The molecule has 1 heterocycles. The molecule has 2 rings (SSSR count). The average Bonchev–Trinajstić information content (AvgIpc) is 2.29. The van der Waals surface area contributed by atoms with E-state index in [9.17, 15) is 9.00 Å². The van der Waals surface area contributed by atoms with Crippen molar-refractivity contribution in [1.82, 2.24) is 0 Å². The van der Waals surface area contributed by atoms with Gasteiger partial charge in [0, 0.05) is 46.6 Å². The van der Waals surface area contributed by atoms with Crippen LogP contribution in [0.3, 0.4) is 0 Å². The van der Waals surface area contributed by atoms with Gasteiger partial charge < -0.3 is 4.90 Å². The van der Waals surface area contributed by atoms with Gasteiger partial charge in [0.1, 0.15) is 0 Å². The molecule has 1 aliphatic heterocycles. The third kappa shape index (κ3) is 2.87. The fraction of sp³-hybridized carbons (Fsp3) is 0.417. The molecule has 0 aliphatic carbocycles. The van der Waals surface area contributed by atoms with Crippen LogP contribution in [0.25, 0.3) is 0 Å². The van der Waals surface area contributed by atoms with Crippen molar-refractivity contribution in [2.75, 3.05) is 29.5 Å². The molecule has 1 aromatic carbocycles. The van der Waals surface area contributed by atoms with Gasteiger partial charge in [-0.15, -0.1) is 0 Å². The molecule has 0 unspecified atom stereocenters. The zero-order valence-electron chi connectivity index (χ0n) is 9.61. The van der Waals surface area contributed by atoms with Gasteiger partial charge in [-0.1, -0.05) is 11.6 Å². The van der Waals surface area contributed by atoms with Crippen molar-refractivity contribution in [3.8, 4) is 0 Å². The normalized spacial score (nSPS) is 17.2. The van der Waals surface area contributed by atoms with Crippen LogP contribution in [0.5, 0.6) is 0 Å². The van der Waals surface area contributed by atoms with E-state index in [1.165, 1.54) is 6.92 Å². The van der Waals surface area contributed by atoms with Crippen LogP contribution >= 0.6 is 11.6 Å². The Hall–Kier alpha value is -0.870. The summed E-state index contributed by atoms with van der Waals surface area (Å²) in [4.78, 5) is 13.4. The van der Waals surface area contributed by atoms with Crippen LogP contribution in [-0.2, 0) is 10.8 Å². The van der Waals surface area contributed by atoms with Crippen LogP contribution in [-0.4, -0.2) is 34.6 Å². The standard InChI is InChI=1S/C12H14ClNO2S/c1-9(15)11-3-2-10(8-12(11)13)14-4-6-17(16)7-5-14/h2-3,8H,4-7H2,1H3. The summed E-state index contributed by atoms with van der Waals surface area (Å²) in [5, 5.41) is 0.488. The summed E-state index contributed by atoms with van der Waals surface area (Å²) in [6, 6.07) is 5.47. The van der Waals surface area contributed by atoms with E-state index in [0.717, 1.165) is 18.8 Å². The first-order valence-electron chi connectivity index (χ1n) is 5.48. The maximum Gasteiger partial charge on any atom is 0.161 e.